The highest BCUT2D eigenvalue weighted by molar-refractivity contribution is 6.38. The normalized spacial score (nSPS) is 11.0. The minimum Gasteiger partial charge on any atom is -0.247 e. The summed E-state index contributed by atoms with van der Waals surface area (Å²) in [6.07, 6.45) is 0. The van der Waals surface area contributed by atoms with Gasteiger partial charge in [0.15, 0.2) is 0 Å². The van der Waals surface area contributed by atoms with Crippen LogP contribution in [0.3, 0.4) is 0 Å². The smallest absolute Gasteiger partial charge is 0.135 e. The van der Waals surface area contributed by atoms with Crippen molar-refractivity contribution in [3.8, 4) is 0 Å². The molecular weight excluding hydrogens is 318 g/mol. The third-order valence-electron chi connectivity index (χ3n) is 3.52. The Morgan fingerprint density at radius 3 is 1.92 bits per heavy atom. The fourth-order valence-electron chi connectivity index (χ4n) is 2.35. The zero-order valence-corrected chi connectivity index (χ0v) is 13.6. The highest BCUT2D eigenvalue weighted by atomic mass is 35.5. The lowest BCUT2D eigenvalue weighted by Crippen LogP contribution is -2.05. The molecule has 2 nitrogen and oxygen atoms in total. The van der Waals surface area contributed by atoms with Crippen LogP contribution in [0, 0.1) is 0 Å². The number of hydrogen-bond donors (Lipinski definition) is 0. The predicted molar refractivity (Wildman–Crippen MR) is 99.6 cm³/mol. The summed E-state index contributed by atoms with van der Waals surface area (Å²) in [7, 11) is 0. The first-order valence-electron chi connectivity index (χ1n) is 7.48. The fraction of sp³-hybridized carbons (Fsp3) is 0. The molecule has 0 N–H and O–H groups in total. The maximum Gasteiger partial charge on any atom is 0.135 e. The Labute approximate surface area is 145 Å². The number of hydrogen-bond acceptors (Lipinski definition) is 2. The highest BCUT2D eigenvalue weighted by Gasteiger charge is 2.14. The molecule has 3 heteroatoms. The van der Waals surface area contributed by atoms with Crippen LogP contribution >= 0.6 is 11.6 Å². The Morgan fingerprint density at radius 1 is 0.750 bits per heavy atom. The SMILES string of the molecule is O=C=C(C(=Nc1ccccc1)c1ccc(Cl)cc1)c1ccccc1. The van der Waals surface area contributed by atoms with Crippen molar-refractivity contribution in [2.24, 2.45) is 4.99 Å². The molecule has 0 aliphatic rings. The van der Waals surface area contributed by atoms with Crippen molar-refractivity contribution < 1.29 is 4.79 Å². The van der Waals surface area contributed by atoms with E-state index in [2.05, 4.69) is 10.9 Å². The van der Waals surface area contributed by atoms with E-state index >= 15 is 0 Å². The van der Waals surface area contributed by atoms with Crippen molar-refractivity contribution in [2.75, 3.05) is 0 Å². The summed E-state index contributed by atoms with van der Waals surface area (Å²) < 4.78 is 0. The summed E-state index contributed by atoms with van der Waals surface area (Å²) in [5.74, 6) is 2.05. The molecule has 0 aliphatic carbocycles. The van der Waals surface area contributed by atoms with Crippen LogP contribution in [0.2, 0.25) is 5.02 Å². The van der Waals surface area contributed by atoms with Crippen LogP contribution in [0.5, 0.6) is 0 Å². The van der Waals surface area contributed by atoms with Gasteiger partial charge in [-0.3, -0.25) is 0 Å². The quantitative estimate of drug-likeness (QED) is 0.466. The van der Waals surface area contributed by atoms with Gasteiger partial charge in [-0.1, -0.05) is 72.3 Å². The summed E-state index contributed by atoms with van der Waals surface area (Å²) in [6, 6.07) is 26.2. The van der Waals surface area contributed by atoms with Gasteiger partial charge in [-0.05, 0) is 29.8 Å². The molecule has 0 fully saturated rings. The number of nitrogens with zero attached hydrogens (tertiary/aromatic N) is 1. The third kappa shape index (κ3) is 3.69. The van der Waals surface area contributed by atoms with Crippen molar-refractivity contribution in [1.82, 2.24) is 0 Å². The molecule has 0 amide bonds. The van der Waals surface area contributed by atoms with Crippen molar-refractivity contribution in [1.29, 1.82) is 0 Å². The average molecular weight is 332 g/mol. The van der Waals surface area contributed by atoms with E-state index in [9.17, 15) is 4.79 Å². The number of allylic oxidation sites excluding steroid dienone is 1. The molecule has 3 rings (SSSR count). The van der Waals surface area contributed by atoms with Gasteiger partial charge in [0.2, 0.25) is 0 Å². The van der Waals surface area contributed by atoms with Crippen LogP contribution in [0.4, 0.5) is 5.69 Å². The van der Waals surface area contributed by atoms with Gasteiger partial charge in [-0.25, -0.2) is 9.79 Å². The lowest BCUT2D eigenvalue weighted by Gasteiger charge is -2.09. The maximum absolute atomic E-state index is 11.7. The van der Waals surface area contributed by atoms with Crippen LogP contribution in [-0.2, 0) is 4.79 Å². The first kappa shape index (κ1) is 15.9. The molecule has 0 atom stereocenters. The second-order valence-corrected chi connectivity index (χ2v) is 5.58. The van der Waals surface area contributed by atoms with Gasteiger partial charge in [-0.2, -0.15) is 0 Å². The minimum atomic E-state index is 0.418. The van der Waals surface area contributed by atoms with Crippen molar-refractivity contribution in [3.63, 3.8) is 0 Å². The molecule has 0 saturated carbocycles. The molecule has 3 aromatic rings. The molecule has 0 spiro atoms. The molecule has 24 heavy (non-hydrogen) atoms. The zero-order chi connectivity index (χ0) is 16.8. The van der Waals surface area contributed by atoms with Crippen LogP contribution in [0.1, 0.15) is 11.1 Å². The largest absolute Gasteiger partial charge is 0.247 e. The Balaban J connectivity index is 2.17. The summed E-state index contributed by atoms with van der Waals surface area (Å²) in [4.78, 5) is 16.4. The van der Waals surface area contributed by atoms with Crippen LogP contribution in [0.15, 0.2) is 89.9 Å². The van der Waals surface area contributed by atoms with E-state index in [1.165, 1.54) is 0 Å². The summed E-state index contributed by atoms with van der Waals surface area (Å²) in [5, 5.41) is 0.633. The number of aliphatic imine (C=N–C) groups is 1. The number of benzene rings is 3. The van der Waals surface area contributed by atoms with Gasteiger partial charge in [-0.15, -0.1) is 0 Å². The van der Waals surface area contributed by atoms with Crippen LogP contribution in [-0.4, -0.2) is 11.7 Å². The maximum atomic E-state index is 11.7. The standard InChI is InChI=1S/C21H14ClNO/c22-18-13-11-17(12-14-18)21(23-19-9-5-2-6-10-19)20(15-24)16-7-3-1-4-8-16/h1-14H. The average Bonchev–Trinajstić information content (AvgIpc) is 2.64. The Bertz CT molecular complexity index is 894. The molecule has 0 saturated heterocycles. The van der Waals surface area contributed by atoms with Gasteiger partial charge >= 0.3 is 0 Å². The van der Waals surface area contributed by atoms with Crippen molar-refractivity contribution in [2.45, 2.75) is 0 Å². The molecular formula is C21H14ClNO. The van der Waals surface area contributed by atoms with Crippen LogP contribution in [0.25, 0.3) is 5.57 Å². The predicted octanol–water partition coefficient (Wildman–Crippen LogP) is 5.38. The van der Waals surface area contributed by atoms with E-state index in [0.29, 0.717) is 16.3 Å². The Morgan fingerprint density at radius 2 is 1.33 bits per heavy atom. The zero-order valence-electron chi connectivity index (χ0n) is 12.8. The first-order valence-corrected chi connectivity index (χ1v) is 7.86. The molecule has 0 radical (unpaired) electrons. The molecule has 3 aromatic carbocycles. The van der Waals surface area contributed by atoms with Gasteiger partial charge in [0.1, 0.15) is 5.94 Å². The van der Waals surface area contributed by atoms with E-state index < -0.39 is 0 Å². The summed E-state index contributed by atoms with van der Waals surface area (Å²) >= 11 is 5.98. The fourth-order valence-corrected chi connectivity index (χ4v) is 2.48. The van der Waals surface area contributed by atoms with Crippen LogP contribution < -0.4 is 0 Å². The molecule has 0 aromatic heterocycles. The third-order valence-corrected chi connectivity index (χ3v) is 3.77. The second kappa shape index (κ2) is 7.56. The Hall–Kier alpha value is -2.93. The van der Waals surface area contributed by atoms with Gasteiger partial charge in [0, 0.05) is 10.6 Å². The first-order chi connectivity index (χ1) is 11.8. The number of halogens is 1. The molecule has 0 aliphatic heterocycles. The van der Waals surface area contributed by atoms with Gasteiger partial charge < -0.3 is 0 Å². The van der Waals surface area contributed by atoms with Crippen molar-refractivity contribution >= 4 is 34.5 Å². The molecule has 0 bridgehead atoms. The molecule has 116 valence electrons. The van der Waals surface area contributed by atoms with Crippen molar-refractivity contribution in [3.05, 3.63) is 101 Å². The minimum absolute atomic E-state index is 0.418. The van der Waals surface area contributed by atoms with Gasteiger partial charge in [0.05, 0.1) is 17.0 Å². The van der Waals surface area contributed by atoms with E-state index in [1.54, 1.807) is 12.1 Å². The van der Waals surface area contributed by atoms with E-state index in [4.69, 9.17) is 11.6 Å². The number of carbonyl (C=O) groups excluding carboxylic acids is 1. The van der Waals surface area contributed by atoms with E-state index in [0.717, 1.165) is 16.8 Å². The lowest BCUT2D eigenvalue weighted by atomic mass is 9.97. The molecule has 0 unspecified atom stereocenters. The van der Waals surface area contributed by atoms with Gasteiger partial charge in [0.25, 0.3) is 0 Å². The summed E-state index contributed by atoms with van der Waals surface area (Å²) in [5.41, 5.74) is 3.34. The number of rotatable bonds is 4. The summed E-state index contributed by atoms with van der Waals surface area (Å²) in [6.45, 7) is 0. The Kier molecular flexibility index (Phi) is 5.02. The number of para-hydroxylation sites is 1. The molecule has 0 heterocycles. The topological polar surface area (TPSA) is 29.4 Å². The second-order valence-electron chi connectivity index (χ2n) is 5.15. The highest BCUT2D eigenvalue weighted by Crippen LogP contribution is 2.23. The monoisotopic (exact) mass is 331 g/mol. The lowest BCUT2D eigenvalue weighted by molar-refractivity contribution is 0.570. The van der Waals surface area contributed by atoms with E-state index in [-0.39, 0.29) is 0 Å². The van der Waals surface area contributed by atoms with E-state index in [1.807, 2.05) is 72.8 Å².